The first kappa shape index (κ1) is 14.1. The van der Waals surface area contributed by atoms with Crippen LogP contribution in [0.25, 0.3) is 0 Å². The van der Waals surface area contributed by atoms with Gasteiger partial charge in [0.1, 0.15) is 11.6 Å². The average molecular weight is 290 g/mol. The van der Waals surface area contributed by atoms with E-state index < -0.39 is 0 Å². The van der Waals surface area contributed by atoms with Crippen molar-refractivity contribution in [3.63, 3.8) is 0 Å². The van der Waals surface area contributed by atoms with Gasteiger partial charge < -0.3 is 11.5 Å². The van der Waals surface area contributed by atoms with Crippen LogP contribution in [-0.4, -0.2) is 9.97 Å². The normalized spacial score (nSPS) is 12.0. The van der Waals surface area contributed by atoms with Crippen LogP contribution in [0, 0.1) is 0 Å². The molecule has 4 nitrogen and oxygen atoms in total. The Balaban J connectivity index is 2.03. The molecule has 0 fully saturated rings. The predicted octanol–water partition coefficient (Wildman–Crippen LogP) is 3.02. The molecule has 1 aromatic carbocycles. The van der Waals surface area contributed by atoms with E-state index in [1.54, 1.807) is 0 Å². The standard InChI is InChI=1S/C18H18N4/c19-17-10-14(11-18(20)22-17)16(13-6-2-1-3-7-13)12-15-8-4-5-9-21-15/h1-11,16H,12H2,(H4,19,20,22). The number of aromatic nitrogens is 2. The Labute approximate surface area is 129 Å². The summed E-state index contributed by atoms with van der Waals surface area (Å²) in [7, 11) is 0. The second-order valence-corrected chi connectivity index (χ2v) is 5.24. The molecule has 22 heavy (non-hydrogen) atoms. The SMILES string of the molecule is Nc1cc(C(Cc2ccccn2)c2ccccc2)cc(N)n1. The number of rotatable bonds is 4. The zero-order valence-electron chi connectivity index (χ0n) is 12.2. The van der Waals surface area contributed by atoms with Crippen LogP contribution in [0.15, 0.2) is 66.9 Å². The monoisotopic (exact) mass is 290 g/mol. The van der Waals surface area contributed by atoms with Crippen molar-refractivity contribution in [1.29, 1.82) is 0 Å². The fourth-order valence-electron chi connectivity index (χ4n) is 2.64. The summed E-state index contributed by atoms with van der Waals surface area (Å²) in [6.45, 7) is 0. The lowest BCUT2D eigenvalue weighted by Crippen LogP contribution is -2.08. The van der Waals surface area contributed by atoms with Crippen LogP contribution in [-0.2, 0) is 6.42 Å². The minimum absolute atomic E-state index is 0.142. The average Bonchev–Trinajstić information content (AvgIpc) is 2.53. The van der Waals surface area contributed by atoms with Gasteiger partial charge in [-0.05, 0) is 35.4 Å². The van der Waals surface area contributed by atoms with Crippen LogP contribution in [0.3, 0.4) is 0 Å². The highest BCUT2D eigenvalue weighted by atomic mass is 14.9. The maximum atomic E-state index is 5.86. The summed E-state index contributed by atoms with van der Waals surface area (Å²) >= 11 is 0. The van der Waals surface area contributed by atoms with E-state index in [9.17, 15) is 0 Å². The number of hydrogen-bond acceptors (Lipinski definition) is 4. The quantitative estimate of drug-likeness (QED) is 0.774. The minimum Gasteiger partial charge on any atom is -0.384 e. The third kappa shape index (κ3) is 3.23. The second-order valence-electron chi connectivity index (χ2n) is 5.24. The van der Waals surface area contributed by atoms with Crippen molar-refractivity contribution in [2.24, 2.45) is 0 Å². The first-order valence-electron chi connectivity index (χ1n) is 7.20. The molecule has 0 bridgehead atoms. The number of hydrogen-bond donors (Lipinski definition) is 2. The van der Waals surface area contributed by atoms with Gasteiger partial charge in [0.15, 0.2) is 0 Å². The summed E-state index contributed by atoms with van der Waals surface area (Å²) in [5, 5.41) is 0. The minimum atomic E-state index is 0.142. The molecule has 1 atom stereocenters. The Morgan fingerprint density at radius 1 is 0.818 bits per heavy atom. The number of nitrogen functional groups attached to an aromatic ring is 2. The number of nitrogens with two attached hydrogens (primary N) is 2. The molecular formula is C18H18N4. The largest absolute Gasteiger partial charge is 0.384 e. The van der Waals surface area contributed by atoms with Gasteiger partial charge in [-0.1, -0.05) is 36.4 Å². The lowest BCUT2D eigenvalue weighted by Gasteiger charge is -2.18. The molecule has 2 heterocycles. The number of pyridine rings is 2. The zero-order valence-corrected chi connectivity index (χ0v) is 12.2. The summed E-state index contributed by atoms with van der Waals surface area (Å²) in [6, 6.07) is 20.0. The van der Waals surface area contributed by atoms with Gasteiger partial charge in [0.05, 0.1) is 0 Å². The molecule has 0 aliphatic heterocycles. The molecule has 2 aromatic heterocycles. The van der Waals surface area contributed by atoms with E-state index in [2.05, 4.69) is 22.1 Å². The van der Waals surface area contributed by atoms with Gasteiger partial charge in [-0.2, -0.15) is 0 Å². The van der Waals surface area contributed by atoms with Crippen molar-refractivity contribution in [3.8, 4) is 0 Å². The highest BCUT2D eigenvalue weighted by Gasteiger charge is 2.16. The van der Waals surface area contributed by atoms with Crippen molar-refractivity contribution < 1.29 is 0 Å². The Kier molecular flexibility index (Phi) is 4.01. The second kappa shape index (κ2) is 6.26. The van der Waals surface area contributed by atoms with Gasteiger partial charge in [0.25, 0.3) is 0 Å². The molecule has 1 unspecified atom stereocenters. The van der Waals surface area contributed by atoms with E-state index in [0.29, 0.717) is 11.6 Å². The summed E-state index contributed by atoms with van der Waals surface area (Å²) in [5.41, 5.74) is 15.0. The van der Waals surface area contributed by atoms with Gasteiger partial charge in [0, 0.05) is 24.2 Å². The molecular weight excluding hydrogens is 272 g/mol. The fourth-order valence-corrected chi connectivity index (χ4v) is 2.64. The molecule has 0 radical (unpaired) electrons. The maximum Gasteiger partial charge on any atom is 0.126 e. The highest BCUT2D eigenvalue weighted by molar-refractivity contribution is 5.47. The van der Waals surface area contributed by atoms with Gasteiger partial charge in [0.2, 0.25) is 0 Å². The van der Waals surface area contributed by atoms with E-state index in [-0.39, 0.29) is 5.92 Å². The van der Waals surface area contributed by atoms with Crippen molar-refractivity contribution in [3.05, 3.63) is 83.7 Å². The first-order valence-corrected chi connectivity index (χ1v) is 7.20. The summed E-state index contributed by atoms with van der Waals surface area (Å²) < 4.78 is 0. The van der Waals surface area contributed by atoms with Crippen molar-refractivity contribution in [1.82, 2.24) is 9.97 Å². The van der Waals surface area contributed by atoms with Crippen molar-refractivity contribution >= 4 is 11.6 Å². The number of benzene rings is 1. The van der Waals surface area contributed by atoms with Crippen LogP contribution < -0.4 is 11.5 Å². The van der Waals surface area contributed by atoms with Crippen LogP contribution in [0.5, 0.6) is 0 Å². The molecule has 0 amide bonds. The molecule has 0 aliphatic carbocycles. The van der Waals surface area contributed by atoms with Crippen molar-refractivity contribution in [2.45, 2.75) is 12.3 Å². The predicted molar refractivity (Wildman–Crippen MR) is 89.3 cm³/mol. The van der Waals surface area contributed by atoms with E-state index in [1.807, 2.05) is 54.7 Å². The molecule has 4 N–H and O–H groups in total. The number of anilines is 2. The Morgan fingerprint density at radius 3 is 2.14 bits per heavy atom. The Bertz CT molecular complexity index is 721. The molecule has 3 rings (SSSR count). The Hall–Kier alpha value is -2.88. The molecule has 0 saturated heterocycles. The number of nitrogens with zero attached hydrogens (tertiary/aromatic N) is 2. The molecule has 0 saturated carbocycles. The first-order chi connectivity index (χ1) is 10.7. The highest BCUT2D eigenvalue weighted by Crippen LogP contribution is 2.29. The van der Waals surface area contributed by atoms with E-state index in [4.69, 9.17) is 11.5 Å². The van der Waals surface area contributed by atoms with Gasteiger partial charge in [-0.15, -0.1) is 0 Å². The lowest BCUT2D eigenvalue weighted by atomic mass is 9.87. The smallest absolute Gasteiger partial charge is 0.126 e. The third-order valence-corrected chi connectivity index (χ3v) is 3.63. The zero-order chi connectivity index (χ0) is 15.4. The Morgan fingerprint density at radius 2 is 1.50 bits per heavy atom. The molecule has 110 valence electrons. The van der Waals surface area contributed by atoms with E-state index in [0.717, 1.165) is 17.7 Å². The lowest BCUT2D eigenvalue weighted by molar-refractivity contribution is 0.782. The molecule has 4 heteroatoms. The third-order valence-electron chi connectivity index (χ3n) is 3.63. The summed E-state index contributed by atoms with van der Waals surface area (Å²) in [4.78, 5) is 8.49. The van der Waals surface area contributed by atoms with Crippen LogP contribution in [0.4, 0.5) is 11.6 Å². The van der Waals surface area contributed by atoms with Gasteiger partial charge in [-0.25, -0.2) is 4.98 Å². The van der Waals surface area contributed by atoms with Crippen LogP contribution >= 0.6 is 0 Å². The van der Waals surface area contributed by atoms with Gasteiger partial charge >= 0.3 is 0 Å². The molecule has 0 aliphatic rings. The summed E-state index contributed by atoms with van der Waals surface area (Å²) in [6.07, 6.45) is 2.60. The van der Waals surface area contributed by atoms with E-state index in [1.165, 1.54) is 5.56 Å². The van der Waals surface area contributed by atoms with Crippen LogP contribution in [0.1, 0.15) is 22.7 Å². The van der Waals surface area contributed by atoms with E-state index >= 15 is 0 Å². The molecule has 3 aromatic rings. The summed E-state index contributed by atoms with van der Waals surface area (Å²) in [5.74, 6) is 1.03. The van der Waals surface area contributed by atoms with Crippen LogP contribution in [0.2, 0.25) is 0 Å². The molecule has 0 spiro atoms. The fraction of sp³-hybridized carbons (Fsp3) is 0.111. The maximum absolute atomic E-state index is 5.86. The topological polar surface area (TPSA) is 77.8 Å². The van der Waals surface area contributed by atoms with Crippen molar-refractivity contribution in [2.75, 3.05) is 11.5 Å². The van der Waals surface area contributed by atoms with Gasteiger partial charge in [-0.3, -0.25) is 4.98 Å².